The SMILES string of the molecule is O=C(O)CC(NC(=O)CNC(=O)C1CCCN1C(=O)C(CO)NC(=O)C1CCCN1)C(=O)NC(Cc1c[nH]c2ccccc12)C(=O)O. The van der Waals surface area contributed by atoms with Gasteiger partial charge in [0, 0.05) is 30.1 Å². The number of aromatic amines is 1. The molecule has 0 spiro atoms. The first-order valence-electron chi connectivity index (χ1n) is 15.3. The highest BCUT2D eigenvalue weighted by atomic mass is 16.4. The van der Waals surface area contributed by atoms with E-state index in [4.69, 9.17) is 0 Å². The molecule has 4 rings (SSSR count). The number of rotatable bonds is 15. The number of H-pyrrole nitrogens is 1. The van der Waals surface area contributed by atoms with Gasteiger partial charge in [0.25, 0.3) is 0 Å². The van der Waals surface area contributed by atoms with E-state index in [0.29, 0.717) is 24.9 Å². The summed E-state index contributed by atoms with van der Waals surface area (Å²) in [4.78, 5) is 92.0. The van der Waals surface area contributed by atoms with Crippen LogP contribution in [-0.4, -0.2) is 123 Å². The zero-order chi connectivity index (χ0) is 34.1. The number of carbonyl (C=O) groups excluding carboxylic acids is 5. The molecule has 3 heterocycles. The Morgan fingerprint density at radius 1 is 0.915 bits per heavy atom. The lowest BCUT2D eigenvalue weighted by Gasteiger charge is -2.28. The molecule has 0 bridgehead atoms. The third kappa shape index (κ3) is 9.04. The van der Waals surface area contributed by atoms with Crippen molar-refractivity contribution in [3.8, 4) is 0 Å². The largest absolute Gasteiger partial charge is 0.481 e. The van der Waals surface area contributed by atoms with Crippen LogP contribution in [-0.2, 0) is 40.0 Å². The summed E-state index contributed by atoms with van der Waals surface area (Å²) in [5.41, 5.74) is 1.37. The number of carboxylic acids is 2. The average Bonchev–Trinajstić information content (AvgIpc) is 3.83. The average molecular weight is 658 g/mol. The van der Waals surface area contributed by atoms with Crippen LogP contribution in [0.4, 0.5) is 0 Å². The zero-order valence-corrected chi connectivity index (χ0v) is 25.5. The van der Waals surface area contributed by atoms with Crippen molar-refractivity contribution >= 4 is 52.4 Å². The standard InChI is InChI=1S/C30H39N7O10/c38-15-22(36-26(42)19-7-3-9-31-19)29(45)37-10-4-8-23(37)28(44)33-14-24(39)34-20(12-25(40)41)27(43)35-21(30(46)47)11-16-13-32-18-6-2-1-5-17(16)18/h1-2,5-6,13,19-23,31-32,38H,3-4,7-12,14-15H2,(H,33,44)(H,34,39)(H,35,43)(H,36,42)(H,40,41)(H,46,47). The lowest BCUT2D eigenvalue weighted by molar-refractivity contribution is -0.143. The predicted octanol–water partition coefficient (Wildman–Crippen LogP) is -2.42. The molecule has 9 N–H and O–H groups in total. The zero-order valence-electron chi connectivity index (χ0n) is 25.5. The molecular formula is C30H39N7O10. The number of hydrogen-bond donors (Lipinski definition) is 9. The number of aliphatic carboxylic acids is 2. The van der Waals surface area contributed by atoms with Crippen LogP contribution in [0.15, 0.2) is 30.5 Å². The minimum Gasteiger partial charge on any atom is -0.481 e. The number of nitrogens with zero attached hydrogens (tertiary/aromatic N) is 1. The number of para-hydroxylation sites is 1. The quantitative estimate of drug-likeness (QED) is 0.0973. The topological polar surface area (TPSA) is 259 Å². The molecule has 1 aromatic heterocycles. The van der Waals surface area contributed by atoms with Gasteiger partial charge in [-0.25, -0.2) is 4.79 Å². The van der Waals surface area contributed by atoms with Crippen molar-refractivity contribution in [3.63, 3.8) is 0 Å². The Labute approximate surface area is 268 Å². The second-order valence-corrected chi connectivity index (χ2v) is 11.5. The Bertz CT molecular complexity index is 1500. The summed E-state index contributed by atoms with van der Waals surface area (Å²) in [5, 5.41) is 42.0. The number of carboxylic acid groups (broad SMARTS) is 2. The van der Waals surface area contributed by atoms with E-state index in [1.165, 1.54) is 4.90 Å². The van der Waals surface area contributed by atoms with Crippen molar-refractivity contribution < 1.29 is 48.9 Å². The first kappa shape index (κ1) is 34.8. The van der Waals surface area contributed by atoms with Gasteiger partial charge < -0.3 is 51.8 Å². The molecule has 2 saturated heterocycles. The van der Waals surface area contributed by atoms with E-state index in [2.05, 4.69) is 31.6 Å². The maximum Gasteiger partial charge on any atom is 0.326 e. The fourth-order valence-corrected chi connectivity index (χ4v) is 5.78. The molecule has 2 aromatic rings. The van der Waals surface area contributed by atoms with E-state index in [-0.39, 0.29) is 19.4 Å². The van der Waals surface area contributed by atoms with Gasteiger partial charge in [-0.15, -0.1) is 0 Å². The van der Waals surface area contributed by atoms with E-state index in [0.717, 1.165) is 17.3 Å². The van der Waals surface area contributed by atoms with Gasteiger partial charge in [0.05, 0.1) is 25.6 Å². The number of aliphatic hydroxyl groups excluding tert-OH is 1. The Morgan fingerprint density at radius 2 is 1.68 bits per heavy atom. The first-order valence-corrected chi connectivity index (χ1v) is 15.3. The molecule has 17 heteroatoms. The molecule has 2 aliphatic rings. The van der Waals surface area contributed by atoms with Crippen LogP contribution < -0.4 is 26.6 Å². The Morgan fingerprint density at radius 3 is 2.36 bits per heavy atom. The summed E-state index contributed by atoms with van der Waals surface area (Å²) in [6, 6.07) is 1.32. The summed E-state index contributed by atoms with van der Waals surface area (Å²) in [5.74, 6) is -6.56. The Balaban J connectivity index is 1.32. The molecule has 2 aliphatic heterocycles. The number of fused-ring (bicyclic) bond motifs is 1. The first-order chi connectivity index (χ1) is 22.5. The number of benzene rings is 1. The summed E-state index contributed by atoms with van der Waals surface area (Å²) < 4.78 is 0. The van der Waals surface area contributed by atoms with E-state index in [1.807, 2.05) is 0 Å². The highest BCUT2D eigenvalue weighted by molar-refractivity contribution is 5.96. The van der Waals surface area contributed by atoms with Gasteiger partial charge in [-0.05, 0) is 43.9 Å². The van der Waals surface area contributed by atoms with Gasteiger partial charge in [-0.1, -0.05) is 18.2 Å². The van der Waals surface area contributed by atoms with Crippen LogP contribution in [0.2, 0.25) is 0 Å². The number of aliphatic hydroxyl groups is 1. The minimum absolute atomic E-state index is 0.121. The van der Waals surface area contributed by atoms with Crippen LogP contribution in [0.5, 0.6) is 0 Å². The second-order valence-electron chi connectivity index (χ2n) is 11.5. The number of carbonyl (C=O) groups is 7. The van der Waals surface area contributed by atoms with E-state index >= 15 is 0 Å². The van der Waals surface area contributed by atoms with Crippen molar-refractivity contribution in [1.29, 1.82) is 0 Å². The fraction of sp³-hybridized carbons (Fsp3) is 0.500. The Hall–Kier alpha value is -5.03. The van der Waals surface area contributed by atoms with Crippen molar-refractivity contribution in [1.82, 2.24) is 36.5 Å². The number of amides is 5. The molecule has 17 nitrogen and oxygen atoms in total. The molecule has 1 aromatic carbocycles. The molecular weight excluding hydrogens is 618 g/mol. The van der Waals surface area contributed by atoms with Crippen molar-refractivity contribution in [2.75, 3.05) is 26.2 Å². The number of aromatic nitrogens is 1. The molecule has 5 amide bonds. The van der Waals surface area contributed by atoms with E-state index in [9.17, 15) is 48.9 Å². The van der Waals surface area contributed by atoms with Crippen LogP contribution in [0.25, 0.3) is 10.9 Å². The van der Waals surface area contributed by atoms with Crippen molar-refractivity contribution in [2.45, 2.75) is 68.7 Å². The molecule has 0 saturated carbocycles. The van der Waals surface area contributed by atoms with Crippen LogP contribution in [0.1, 0.15) is 37.7 Å². The monoisotopic (exact) mass is 657 g/mol. The predicted molar refractivity (Wildman–Crippen MR) is 164 cm³/mol. The van der Waals surface area contributed by atoms with Gasteiger partial charge in [0.15, 0.2) is 0 Å². The minimum atomic E-state index is -1.66. The third-order valence-corrected chi connectivity index (χ3v) is 8.18. The molecule has 47 heavy (non-hydrogen) atoms. The highest BCUT2D eigenvalue weighted by Crippen LogP contribution is 2.20. The van der Waals surface area contributed by atoms with E-state index in [1.54, 1.807) is 30.5 Å². The summed E-state index contributed by atoms with van der Waals surface area (Å²) in [6.07, 6.45) is 2.73. The van der Waals surface area contributed by atoms with Crippen molar-refractivity contribution in [2.24, 2.45) is 0 Å². The normalized spacial score (nSPS) is 19.4. The maximum atomic E-state index is 13.1. The molecule has 5 atom stereocenters. The lowest BCUT2D eigenvalue weighted by atomic mass is 10.0. The van der Waals surface area contributed by atoms with Gasteiger partial charge in [0.1, 0.15) is 24.2 Å². The van der Waals surface area contributed by atoms with Crippen LogP contribution >= 0.6 is 0 Å². The van der Waals surface area contributed by atoms with Gasteiger partial charge >= 0.3 is 11.9 Å². The van der Waals surface area contributed by atoms with Crippen molar-refractivity contribution in [3.05, 3.63) is 36.0 Å². The molecule has 2 fully saturated rings. The lowest BCUT2D eigenvalue weighted by Crippen LogP contribution is -2.57. The second kappa shape index (κ2) is 16.0. The molecule has 0 aliphatic carbocycles. The molecule has 0 radical (unpaired) electrons. The number of nitrogens with one attached hydrogen (secondary N) is 6. The maximum absolute atomic E-state index is 13.1. The number of likely N-dealkylation sites (tertiary alicyclic amines) is 1. The fourth-order valence-electron chi connectivity index (χ4n) is 5.78. The number of hydrogen-bond acceptors (Lipinski definition) is 9. The smallest absolute Gasteiger partial charge is 0.326 e. The summed E-state index contributed by atoms with van der Waals surface area (Å²) in [7, 11) is 0. The van der Waals surface area contributed by atoms with E-state index < -0.39 is 91.3 Å². The van der Waals surface area contributed by atoms with Gasteiger partial charge in [0.2, 0.25) is 29.5 Å². The van der Waals surface area contributed by atoms with Crippen LogP contribution in [0, 0.1) is 0 Å². The molecule has 5 unspecified atom stereocenters. The highest BCUT2D eigenvalue weighted by Gasteiger charge is 2.38. The Kier molecular flexibility index (Phi) is 11.9. The van der Waals surface area contributed by atoms with Gasteiger partial charge in [-0.3, -0.25) is 28.8 Å². The molecule has 254 valence electrons. The summed E-state index contributed by atoms with van der Waals surface area (Å²) in [6.45, 7) is -0.510. The summed E-state index contributed by atoms with van der Waals surface area (Å²) >= 11 is 0. The third-order valence-electron chi connectivity index (χ3n) is 8.18. The van der Waals surface area contributed by atoms with Crippen LogP contribution in [0.3, 0.4) is 0 Å². The van der Waals surface area contributed by atoms with Gasteiger partial charge in [-0.2, -0.15) is 0 Å².